The number of halogens is 1. The fraction of sp³-hybridized carbons (Fsp3) is 0.333. The summed E-state index contributed by atoms with van der Waals surface area (Å²) in [6, 6.07) is 11.4. The third-order valence-corrected chi connectivity index (χ3v) is 8.60. The maximum absolute atomic E-state index is 13.1. The molecular formula is C21H21FN2O3S2. The van der Waals surface area contributed by atoms with Gasteiger partial charge in [-0.1, -0.05) is 36.0 Å². The maximum Gasteiger partial charge on any atom is 0.252 e. The average molecular weight is 433 g/mol. The molecule has 0 spiro atoms. The molecule has 0 saturated carbocycles. The number of aliphatic imine (C=N–C) groups is 1. The van der Waals surface area contributed by atoms with E-state index in [4.69, 9.17) is 0 Å². The molecule has 2 aromatic carbocycles. The lowest BCUT2D eigenvalue weighted by Gasteiger charge is -2.26. The molecule has 0 unspecified atom stereocenters. The highest BCUT2D eigenvalue weighted by molar-refractivity contribution is 8.16. The van der Waals surface area contributed by atoms with Gasteiger partial charge in [0.15, 0.2) is 15.0 Å². The largest absolute Gasteiger partial charge is 0.315 e. The predicted molar refractivity (Wildman–Crippen MR) is 115 cm³/mol. The van der Waals surface area contributed by atoms with E-state index >= 15 is 0 Å². The molecule has 2 fully saturated rings. The molecule has 2 saturated heterocycles. The minimum Gasteiger partial charge on any atom is -0.315 e. The number of carbonyl (C=O) groups excluding carboxylic acids is 1. The number of hydrogen-bond donors (Lipinski definition) is 0. The van der Waals surface area contributed by atoms with Crippen LogP contribution in [0.1, 0.15) is 16.7 Å². The molecule has 8 heteroatoms. The van der Waals surface area contributed by atoms with Crippen LogP contribution in [-0.2, 0) is 21.1 Å². The SMILES string of the molecule is Cc1cccc(N2C(=NC(=O)Cc3ccc(F)cc3)S[C@@H]3CS(=O)(=O)C[C@H]32)c1C. The molecule has 2 heterocycles. The van der Waals surface area contributed by atoms with Gasteiger partial charge >= 0.3 is 0 Å². The van der Waals surface area contributed by atoms with Gasteiger partial charge in [0.25, 0.3) is 5.91 Å². The summed E-state index contributed by atoms with van der Waals surface area (Å²) in [7, 11) is -3.11. The van der Waals surface area contributed by atoms with E-state index in [1.165, 1.54) is 23.9 Å². The molecule has 2 aliphatic heterocycles. The van der Waals surface area contributed by atoms with Crippen molar-refractivity contribution in [3.05, 3.63) is 65.0 Å². The molecule has 1 amide bonds. The number of sulfone groups is 1. The topological polar surface area (TPSA) is 66.8 Å². The van der Waals surface area contributed by atoms with E-state index in [1.54, 1.807) is 12.1 Å². The second kappa shape index (κ2) is 7.57. The standard InChI is InChI=1S/C21H21FN2O3S2/c1-13-4-3-5-17(14(13)2)24-18-11-29(26,27)12-19(18)28-21(24)23-20(25)10-15-6-8-16(22)9-7-15/h3-9,18-19H,10-12H2,1-2H3/t18-,19-/m1/s1. The van der Waals surface area contributed by atoms with Crippen LogP contribution in [0.25, 0.3) is 0 Å². The predicted octanol–water partition coefficient (Wildman–Crippen LogP) is 3.29. The number of hydrogen-bond acceptors (Lipinski definition) is 4. The van der Waals surface area contributed by atoms with Crippen molar-refractivity contribution >= 4 is 38.4 Å². The Labute approximate surface area is 173 Å². The van der Waals surface area contributed by atoms with Gasteiger partial charge < -0.3 is 4.90 Å². The highest BCUT2D eigenvalue weighted by Crippen LogP contribution is 2.42. The number of nitrogens with zero attached hydrogens (tertiary/aromatic N) is 2. The van der Waals surface area contributed by atoms with Crippen molar-refractivity contribution in [1.82, 2.24) is 0 Å². The summed E-state index contributed by atoms with van der Waals surface area (Å²) in [5.74, 6) is -0.538. The van der Waals surface area contributed by atoms with Crippen LogP contribution < -0.4 is 4.90 Å². The van der Waals surface area contributed by atoms with Crippen molar-refractivity contribution in [3.8, 4) is 0 Å². The van der Waals surface area contributed by atoms with E-state index in [9.17, 15) is 17.6 Å². The molecule has 0 bridgehead atoms. The smallest absolute Gasteiger partial charge is 0.252 e. The van der Waals surface area contributed by atoms with Gasteiger partial charge in [-0.2, -0.15) is 4.99 Å². The van der Waals surface area contributed by atoms with Gasteiger partial charge in [-0.05, 0) is 48.7 Å². The van der Waals surface area contributed by atoms with Crippen LogP contribution in [-0.4, -0.2) is 42.3 Å². The third-order valence-electron chi connectivity index (χ3n) is 5.39. The monoisotopic (exact) mass is 432 g/mol. The number of fused-ring (bicyclic) bond motifs is 1. The molecule has 0 aromatic heterocycles. The Bertz CT molecular complexity index is 1100. The van der Waals surface area contributed by atoms with E-state index in [-0.39, 0.29) is 40.9 Å². The first-order valence-corrected chi connectivity index (χ1v) is 12.0. The molecule has 152 valence electrons. The Hall–Kier alpha value is -2.19. The maximum atomic E-state index is 13.1. The van der Waals surface area contributed by atoms with Gasteiger partial charge in [-0.3, -0.25) is 4.79 Å². The number of rotatable bonds is 3. The number of benzene rings is 2. The summed E-state index contributed by atoms with van der Waals surface area (Å²) in [5.41, 5.74) is 3.70. The van der Waals surface area contributed by atoms with Crippen molar-refractivity contribution in [2.24, 2.45) is 4.99 Å². The van der Waals surface area contributed by atoms with Gasteiger partial charge in [-0.15, -0.1) is 0 Å². The highest BCUT2D eigenvalue weighted by atomic mass is 32.2. The normalized spacial score (nSPS) is 24.1. The summed E-state index contributed by atoms with van der Waals surface area (Å²) in [5, 5.41) is 0.396. The lowest BCUT2D eigenvalue weighted by Crippen LogP contribution is -2.38. The van der Waals surface area contributed by atoms with Crippen LogP contribution in [0, 0.1) is 19.7 Å². The Kier molecular flexibility index (Phi) is 5.25. The van der Waals surface area contributed by atoms with Crippen molar-refractivity contribution in [2.75, 3.05) is 16.4 Å². The zero-order chi connectivity index (χ0) is 20.8. The summed E-state index contributed by atoms with van der Waals surface area (Å²) in [6.45, 7) is 3.99. The number of aryl methyl sites for hydroxylation is 1. The number of amidine groups is 1. The minimum absolute atomic E-state index is 0.0588. The fourth-order valence-electron chi connectivity index (χ4n) is 3.77. The van der Waals surface area contributed by atoms with Crippen molar-refractivity contribution in [3.63, 3.8) is 0 Å². The lowest BCUT2D eigenvalue weighted by atomic mass is 10.1. The van der Waals surface area contributed by atoms with Crippen LogP contribution >= 0.6 is 11.8 Å². The van der Waals surface area contributed by atoms with Crippen molar-refractivity contribution < 1.29 is 17.6 Å². The van der Waals surface area contributed by atoms with E-state index < -0.39 is 9.84 Å². The Morgan fingerprint density at radius 2 is 1.90 bits per heavy atom. The summed E-state index contributed by atoms with van der Waals surface area (Å²) >= 11 is 1.36. The lowest BCUT2D eigenvalue weighted by molar-refractivity contribution is -0.117. The molecule has 4 rings (SSSR count). The first kappa shape index (κ1) is 20.1. The molecular weight excluding hydrogens is 411 g/mol. The quantitative estimate of drug-likeness (QED) is 0.745. The first-order valence-electron chi connectivity index (χ1n) is 9.32. The van der Waals surface area contributed by atoms with Gasteiger partial charge in [-0.25, -0.2) is 12.8 Å². The number of anilines is 1. The second-order valence-corrected chi connectivity index (χ2v) is 10.8. The minimum atomic E-state index is -3.11. The second-order valence-electron chi connectivity index (χ2n) is 7.48. The third kappa shape index (κ3) is 4.09. The molecule has 29 heavy (non-hydrogen) atoms. The Morgan fingerprint density at radius 1 is 1.17 bits per heavy atom. The fourth-order valence-corrected chi connectivity index (χ4v) is 7.69. The van der Waals surface area contributed by atoms with Gasteiger partial charge in [0.2, 0.25) is 0 Å². The summed E-state index contributed by atoms with van der Waals surface area (Å²) in [4.78, 5) is 18.8. The van der Waals surface area contributed by atoms with Crippen LogP contribution in [0.15, 0.2) is 47.5 Å². The van der Waals surface area contributed by atoms with E-state index in [0.29, 0.717) is 10.7 Å². The zero-order valence-corrected chi connectivity index (χ0v) is 17.8. The summed E-state index contributed by atoms with van der Waals surface area (Å²) < 4.78 is 37.5. The van der Waals surface area contributed by atoms with Crippen molar-refractivity contribution in [2.45, 2.75) is 31.6 Å². The van der Waals surface area contributed by atoms with Gasteiger partial charge in [0.05, 0.1) is 24.0 Å². The first-order chi connectivity index (χ1) is 13.7. The molecule has 5 nitrogen and oxygen atoms in total. The molecule has 0 radical (unpaired) electrons. The van der Waals surface area contributed by atoms with Crippen LogP contribution in [0.5, 0.6) is 0 Å². The van der Waals surface area contributed by atoms with Crippen LogP contribution in [0.2, 0.25) is 0 Å². The number of carbonyl (C=O) groups is 1. The van der Waals surface area contributed by atoms with E-state index in [1.807, 2.05) is 36.9 Å². The zero-order valence-electron chi connectivity index (χ0n) is 16.1. The van der Waals surface area contributed by atoms with Crippen molar-refractivity contribution in [1.29, 1.82) is 0 Å². The molecule has 2 atom stereocenters. The Balaban J connectivity index is 1.67. The average Bonchev–Trinajstić information content (AvgIpc) is 3.10. The van der Waals surface area contributed by atoms with Crippen LogP contribution in [0.4, 0.5) is 10.1 Å². The van der Waals surface area contributed by atoms with Gasteiger partial charge in [0, 0.05) is 10.9 Å². The number of thioether (sulfide) groups is 1. The van der Waals surface area contributed by atoms with E-state index in [2.05, 4.69) is 4.99 Å². The van der Waals surface area contributed by atoms with E-state index in [0.717, 1.165) is 16.8 Å². The molecule has 0 N–H and O–H groups in total. The molecule has 2 aromatic rings. The van der Waals surface area contributed by atoms with Gasteiger partial charge in [0.1, 0.15) is 5.82 Å². The summed E-state index contributed by atoms with van der Waals surface area (Å²) in [6.07, 6.45) is 0.0681. The highest BCUT2D eigenvalue weighted by Gasteiger charge is 2.49. The van der Waals surface area contributed by atoms with Crippen LogP contribution in [0.3, 0.4) is 0 Å². The molecule has 0 aliphatic carbocycles. The Morgan fingerprint density at radius 3 is 2.62 bits per heavy atom. The number of amides is 1. The molecule has 2 aliphatic rings.